The molecule has 1 rings (SSSR count). The van der Waals surface area contributed by atoms with E-state index in [0.717, 1.165) is 6.42 Å². The minimum absolute atomic E-state index is 0.0268. The first-order chi connectivity index (χ1) is 5.24. The van der Waals surface area contributed by atoms with Gasteiger partial charge in [0, 0.05) is 7.11 Å². The van der Waals surface area contributed by atoms with Crippen LogP contribution in [0.2, 0.25) is 0 Å². The van der Waals surface area contributed by atoms with Gasteiger partial charge in [0.2, 0.25) is 0 Å². The highest BCUT2D eigenvalue weighted by atomic mass is 16.6. The maximum Gasteiger partial charge on any atom is 0.332 e. The number of methoxy groups -OCH3 is 1. The summed E-state index contributed by atoms with van der Waals surface area (Å²) in [4.78, 5) is 10.4. The predicted molar refractivity (Wildman–Crippen MR) is 37.4 cm³/mol. The molecule has 0 aliphatic carbocycles. The fourth-order valence-corrected chi connectivity index (χ4v) is 1.20. The molecule has 0 bridgehead atoms. The van der Waals surface area contributed by atoms with E-state index in [9.17, 15) is 4.79 Å². The minimum Gasteiger partial charge on any atom is -0.479 e. The van der Waals surface area contributed by atoms with Gasteiger partial charge in [-0.2, -0.15) is 0 Å². The van der Waals surface area contributed by atoms with E-state index in [2.05, 4.69) is 0 Å². The average molecular weight is 160 g/mol. The number of hydrogen-bond acceptors (Lipinski definition) is 3. The summed E-state index contributed by atoms with van der Waals surface area (Å²) in [5, 5.41) is 8.53. The van der Waals surface area contributed by atoms with E-state index in [1.54, 1.807) is 7.11 Å². The van der Waals surface area contributed by atoms with Crippen LogP contribution in [0.15, 0.2) is 0 Å². The number of aliphatic carboxylic acids is 1. The van der Waals surface area contributed by atoms with Gasteiger partial charge in [0.05, 0.1) is 12.7 Å². The summed E-state index contributed by atoms with van der Waals surface area (Å²) in [6, 6.07) is 0. The fourth-order valence-electron chi connectivity index (χ4n) is 1.20. The van der Waals surface area contributed by atoms with Crippen molar-refractivity contribution in [3.05, 3.63) is 0 Å². The Morgan fingerprint density at radius 1 is 1.73 bits per heavy atom. The number of carboxylic acids is 1. The molecular weight excluding hydrogens is 148 g/mol. The third-order valence-electron chi connectivity index (χ3n) is 1.74. The van der Waals surface area contributed by atoms with Crippen LogP contribution in [0.4, 0.5) is 0 Å². The van der Waals surface area contributed by atoms with Crippen molar-refractivity contribution in [1.29, 1.82) is 0 Å². The van der Waals surface area contributed by atoms with Crippen LogP contribution >= 0.6 is 0 Å². The van der Waals surface area contributed by atoms with Crippen molar-refractivity contribution in [3.63, 3.8) is 0 Å². The number of ether oxygens (including phenoxy) is 2. The molecule has 0 spiro atoms. The molecule has 64 valence electrons. The van der Waals surface area contributed by atoms with Crippen molar-refractivity contribution in [2.24, 2.45) is 0 Å². The molecule has 1 aliphatic heterocycles. The van der Waals surface area contributed by atoms with Gasteiger partial charge in [-0.15, -0.1) is 0 Å². The standard InChI is InChI=1S/C7H12O4/c1-10-4-5-2-3-6(11-5)7(8)9/h5-6H,2-4H2,1H3,(H,8,9). The van der Waals surface area contributed by atoms with Crippen LogP contribution in [0.3, 0.4) is 0 Å². The van der Waals surface area contributed by atoms with Gasteiger partial charge in [-0.05, 0) is 12.8 Å². The summed E-state index contributed by atoms with van der Waals surface area (Å²) in [6.45, 7) is 0.490. The molecule has 1 heterocycles. The molecule has 0 aromatic rings. The van der Waals surface area contributed by atoms with Crippen molar-refractivity contribution < 1.29 is 19.4 Å². The summed E-state index contributed by atoms with van der Waals surface area (Å²) in [7, 11) is 1.58. The molecule has 0 amide bonds. The first kappa shape index (κ1) is 8.49. The number of rotatable bonds is 3. The van der Waals surface area contributed by atoms with E-state index in [1.165, 1.54) is 0 Å². The zero-order valence-electron chi connectivity index (χ0n) is 6.45. The van der Waals surface area contributed by atoms with Gasteiger partial charge >= 0.3 is 5.97 Å². The first-order valence-electron chi connectivity index (χ1n) is 3.61. The van der Waals surface area contributed by atoms with E-state index < -0.39 is 12.1 Å². The van der Waals surface area contributed by atoms with Crippen molar-refractivity contribution in [3.8, 4) is 0 Å². The van der Waals surface area contributed by atoms with E-state index in [0.29, 0.717) is 13.0 Å². The van der Waals surface area contributed by atoms with Crippen molar-refractivity contribution >= 4 is 5.97 Å². The highest BCUT2D eigenvalue weighted by Gasteiger charge is 2.29. The van der Waals surface area contributed by atoms with Gasteiger partial charge in [-0.3, -0.25) is 0 Å². The summed E-state index contributed by atoms with van der Waals surface area (Å²) in [6.07, 6.45) is 0.741. The molecule has 1 aliphatic rings. The van der Waals surface area contributed by atoms with Crippen molar-refractivity contribution in [2.45, 2.75) is 25.0 Å². The average Bonchev–Trinajstić information content (AvgIpc) is 2.37. The summed E-state index contributed by atoms with van der Waals surface area (Å²) in [5.74, 6) is -0.872. The lowest BCUT2D eigenvalue weighted by Crippen LogP contribution is -2.22. The van der Waals surface area contributed by atoms with Crippen LogP contribution in [-0.2, 0) is 14.3 Å². The normalized spacial score (nSPS) is 30.6. The second-order valence-electron chi connectivity index (χ2n) is 2.62. The monoisotopic (exact) mass is 160 g/mol. The zero-order valence-corrected chi connectivity index (χ0v) is 6.45. The van der Waals surface area contributed by atoms with E-state index in [-0.39, 0.29) is 6.10 Å². The lowest BCUT2D eigenvalue weighted by molar-refractivity contribution is -0.150. The Morgan fingerprint density at radius 3 is 2.91 bits per heavy atom. The SMILES string of the molecule is COCC1CCC(C(=O)O)O1. The van der Waals surface area contributed by atoms with Crippen LogP contribution in [0, 0.1) is 0 Å². The van der Waals surface area contributed by atoms with Crippen molar-refractivity contribution in [2.75, 3.05) is 13.7 Å². The van der Waals surface area contributed by atoms with Crippen LogP contribution < -0.4 is 0 Å². The first-order valence-corrected chi connectivity index (χ1v) is 3.61. The highest BCUT2D eigenvalue weighted by Crippen LogP contribution is 2.19. The molecule has 0 radical (unpaired) electrons. The molecule has 11 heavy (non-hydrogen) atoms. The Bertz CT molecular complexity index is 145. The zero-order chi connectivity index (χ0) is 8.27. The molecule has 2 atom stereocenters. The molecule has 1 fully saturated rings. The van der Waals surface area contributed by atoms with Gasteiger partial charge in [-0.1, -0.05) is 0 Å². The summed E-state index contributed by atoms with van der Waals surface area (Å²) in [5.41, 5.74) is 0. The van der Waals surface area contributed by atoms with Gasteiger partial charge in [0.15, 0.2) is 6.10 Å². The Morgan fingerprint density at radius 2 is 2.45 bits per heavy atom. The Kier molecular flexibility index (Phi) is 2.84. The molecule has 1 saturated heterocycles. The van der Waals surface area contributed by atoms with Crippen LogP contribution in [0.5, 0.6) is 0 Å². The lowest BCUT2D eigenvalue weighted by Gasteiger charge is -2.08. The van der Waals surface area contributed by atoms with Gasteiger partial charge in [0.1, 0.15) is 0 Å². The molecule has 0 aromatic carbocycles. The van der Waals surface area contributed by atoms with Crippen LogP contribution in [0.25, 0.3) is 0 Å². The van der Waals surface area contributed by atoms with Crippen molar-refractivity contribution in [1.82, 2.24) is 0 Å². The molecule has 4 nitrogen and oxygen atoms in total. The number of carboxylic acid groups (broad SMARTS) is 1. The quantitative estimate of drug-likeness (QED) is 0.643. The Labute approximate surface area is 65.1 Å². The largest absolute Gasteiger partial charge is 0.479 e. The maximum absolute atomic E-state index is 10.4. The molecular formula is C7H12O4. The highest BCUT2D eigenvalue weighted by molar-refractivity contribution is 5.72. The lowest BCUT2D eigenvalue weighted by atomic mass is 10.2. The van der Waals surface area contributed by atoms with Gasteiger partial charge in [-0.25, -0.2) is 4.79 Å². The third-order valence-corrected chi connectivity index (χ3v) is 1.74. The van der Waals surface area contributed by atoms with Gasteiger partial charge < -0.3 is 14.6 Å². The number of hydrogen-bond donors (Lipinski definition) is 1. The predicted octanol–water partition coefficient (Wildman–Crippen LogP) is 0.265. The number of carbonyl (C=O) groups is 1. The summed E-state index contributed by atoms with van der Waals surface area (Å²) >= 11 is 0. The smallest absolute Gasteiger partial charge is 0.332 e. The molecule has 0 aromatic heterocycles. The second kappa shape index (κ2) is 3.69. The molecule has 0 saturated carbocycles. The third kappa shape index (κ3) is 2.17. The molecule has 1 N–H and O–H groups in total. The van der Waals surface area contributed by atoms with E-state index in [1.807, 2.05) is 0 Å². The van der Waals surface area contributed by atoms with E-state index in [4.69, 9.17) is 14.6 Å². The summed E-state index contributed by atoms with van der Waals surface area (Å²) < 4.78 is 9.97. The second-order valence-corrected chi connectivity index (χ2v) is 2.62. The fraction of sp³-hybridized carbons (Fsp3) is 0.857. The van der Waals surface area contributed by atoms with Gasteiger partial charge in [0.25, 0.3) is 0 Å². The maximum atomic E-state index is 10.4. The minimum atomic E-state index is -0.872. The van der Waals surface area contributed by atoms with Crippen LogP contribution in [0.1, 0.15) is 12.8 Å². The Hall–Kier alpha value is -0.610. The van der Waals surface area contributed by atoms with Crippen LogP contribution in [-0.4, -0.2) is 37.0 Å². The molecule has 2 unspecified atom stereocenters. The molecule has 4 heteroatoms. The Balaban J connectivity index is 2.29. The topological polar surface area (TPSA) is 55.8 Å². The van der Waals surface area contributed by atoms with E-state index >= 15 is 0 Å².